The zero-order chi connectivity index (χ0) is 20.1. The minimum atomic E-state index is 0.631. The molecule has 4 fully saturated rings. The molecule has 28 heavy (non-hydrogen) atoms. The van der Waals surface area contributed by atoms with Crippen LogP contribution in [0.15, 0.2) is 12.2 Å². The van der Waals surface area contributed by atoms with Crippen molar-refractivity contribution in [3.8, 4) is 0 Å². The molecule has 0 spiro atoms. The molecule has 4 saturated carbocycles. The normalized spacial score (nSPS) is 46.8. The minimum absolute atomic E-state index is 0.631. The summed E-state index contributed by atoms with van der Waals surface area (Å²) in [5.41, 5.74) is 2.84. The van der Waals surface area contributed by atoms with Gasteiger partial charge in [-0.3, -0.25) is 0 Å². The van der Waals surface area contributed by atoms with Gasteiger partial charge in [-0.1, -0.05) is 66.0 Å². The predicted octanol–water partition coefficient (Wildman–Crippen LogP) is 8.66. The molecule has 0 aromatic carbocycles. The van der Waals surface area contributed by atoms with E-state index in [9.17, 15) is 0 Å². The van der Waals surface area contributed by atoms with E-state index in [4.69, 9.17) is 0 Å². The molecular weight excluding hydrogens is 336 g/mol. The maximum Gasteiger partial charge on any atom is -0.0260 e. The van der Waals surface area contributed by atoms with E-state index in [1.807, 2.05) is 0 Å². The van der Waals surface area contributed by atoms with Gasteiger partial charge in [-0.2, -0.15) is 0 Å². The third-order valence-electron chi connectivity index (χ3n) is 10.8. The first kappa shape index (κ1) is 21.0. The molecule has 0 bridgehead atoms. The Labute approximate surface area is 176 Å². The van der Waals surface area contributed by atoms with Gasteiger partial charge in [0.15, 0.2) is 0 Å². The van der Waals surface area contributed by atoms with Gasteiger partial charge in [0.1, 0.15) is 0 Å². The summed E-state index contributed by atoms with van der Waals surface area (Å²) in [6.07, 6.45) is 17.6. The van der Waals surface area contributed by atoms with Gasteiger partial charge in [-0.25, -0.2) is 0 Å². The van der Waals surface area contributed by atoms with Crippen LogP contribution in [0.4, 0.5) is 0 Å². The van der Waals surface area contributed by atoms with Crippen molar-refractivity contribution in [3.63, 3.8) is 0 Å². The van der Waals surface area contributed by atoms with E-state index in [-0.39, 0.29) is 0 Å². The molecule has 0 N–H and O–H groups in total. The smallest absolute Gasteiger partial charge is 0.0260 e. The molecule has 160 valence electrons. The number of rotatable bonds is 5. The molecule has 0 aliphatic heterocycles. The average molecular weight is 385 g/mol. The first-order valence-electron chi connectivity index (χ1n) is 12.9. The van der Waals surface area contributed by atoms with Gasteiger partial charge in [-0.05, 0) is 110 Å². The van der Waals surface area contributed by atoms with Crippen molar-refractivity contribution in [1.82, 2.24) is 0 Å². The van der Waals surface area contributed by atoms with Crippen LogP contribution < -0.4 is 0 Å². The third-order valence-corrected chi connectivity index (χ3v) is 10.8. The summed E-state index contributed by atoms with van der Waals surface area (Å²) in [6, 6.07) is 0. The van der Waals surface area contributed by atoms with Crippen molar-refractivity contribution in [2.24, 2.45) is 52.3 Å². The summed E-state index contributed by atoms with van der Waals surface area (Å²) in [7, 11) is 0. The van der Waals surface area contributed by atoms with Gasteiger partial charge in [0.05, 0.1) is 0 Å². The second kappa shape index (κ2) is 7.77. The fourth-order valence-corrected chi connectivity index (χ4v) is 9.18. The van der Waals surface area contributed by atoms with Crippen LogP contribution in [-0.2, 0) is 0 Å². The predicted molar refractivity (Wildman–Crippen MR) is 122 cm³/mol. The zero-order valence-electron chi connectivity index (χ0n) is 19.7. The van der Waals surface area contributed by atoms with E-state index in [0.717, 1.165) is 41.4 Å². The van der Waals surface area contributed by atoms with Crippen molar-refractivity contribution >= 4 is 0 Å². The highest BCUT2D eigenvalue weighted by atomic mass is 14.6. The third kappa shape index (κ3) is 3.43. The molecule has 0 amide bonds. The molecule has 0 nitrogen and oxygen atoms in total. The van der Waals surface area contributed by atoms with E-state index in [1.54, 1.807) is 12.0 Å². The number of hydrogen-bond acceptors (Lipinski definition) is 0. The van der Waals surface area contributed by atoms with Crippen molar-refractivity contribution in [3.05, 3.63) is 12.2 Å². The summed E-state index contributed by atoms with van der Waals surface area (Å²) in [6.45, 7) is 17.2. The second-order valence-electron chi connectivity index (χ2n) is 12.6. The molecular formula is C28H48. The number of fused-ring (bicyclic) bond motifs is 5. The Morgan fingerprint density at radius 2 is 1.64 bits per heavy atom. The van der Waals surface area contributed by atoms with Crippen molar-refractivity contribution < 1.29 is 0 Å². The Hall–Kier alpha value is -0.260. The molecule has 0 radical (unpaired) electrons. The van der Waals surface area contributed by atoms with Crippen molar-refractivity contribution in [2.75, 3.05) is 0 Å². The van der Waals surface area contributed by atoms with Crippen LogP contribution in [-0.4, -0.2) is 0 Å². The number of allylic oxidation sites excluding steroid dienone is 1. The monoisotopic (exact) mass is 384 g/mol. The van der Waals surface area contributed by atoms with Gasteiger partial charge in [0.25, 0.3) is 0 Å². The summed E-state index contributed by atoms with van der Waals surface area (Å²) in [5.74, 6) is 6.86. The molecule has 8 atom stereocenters. The molecule has 4 rings (SSSR count). The highest BCUT2D eigenvalue weighted by Crippen LogP contribution is 2.68. The molecule has 4 aliphatic rings. The zero-order valence-corrected chi connectivity index (χ0v) is 19.7. The van der Waals surface area contributed by atoms with Crippen molar-refractivity contribution in [1.29, 1.82) is 0 Å². The standard InChI is InChI=1S/C28H48/c1-19(2)8-7-9-21(4)24-12-13-25-23-11-10-22-18-20(3)14-16-27(22,5)26(23)15-17-28(24,25)6/h19,21-26H,3,7-18H2,1-2,4-6H3/t21-,22+,23?,24?,25?,26?,27?,28?/m1/s1. The fourth-order valence-electron chi connectivity index (χ4n) is 9.18. The van der Waals surface area contributed by atoms with Crippen LogP contribution in [0.2, 0.25) is 0 Å². The van der Waals surface area contributed by atoms with Gasteiger partial charge < -0.3 is 0 Å². The highest BCUT2D eigenvalue weighted by Gasteiger charge is 2.60. The molecule has 0 aromatic heterocycles. The average Bonchev–Trinajstić information content (AvgIpc) is 2.99. The fraction of sp³-hybridized carbons (Fsp3) is 0.929. The summed E-state index contributed by atoms with van der Waals surface area (Å²) >= 11 is 0. The lowest BCUT2D eigenvalue weighted by atomic mass is 9.44. The van der Waals surface area contributed by atoms with Gasteiger partial charge in [0.2, 0.25) is 0 Å². The summed E-state index contributed by atoms with van der Waals surface area (Å²) in [5, 5.41) is 0. The second-order valence-corrected chi connectivity index (χ2v) is 12.6. The van der Waals surface area contributed by atoms with E-state index in [1.165, 1.54) is 70.6 Å². The van der Waals surface area contributed by atoms with Crippen LogP contribution in [0.3, 0.4) is 0 Å². The van der Waals surface area contributed by atoms with E-state index >= 15 is 0 Å². The van der Waals surface area contributed by atoms with Crippen LogP contribution in [0.1, 0.15) is 112 Å². The first-order chi connectivity index (χ1) is 13.3. The Bertz CT molecular complexity index is 573. The lowest BCUT2D eigenvalue weighted by molar-refractivity contribution is -0.109. The summed E-state index contributed by atoms with van der Waals surface area (Å²) in [4.78, 5) is 0. The van der Waals surface area contributed by atoms with Gasteiger partial charge in [0, 0.05) is 0 Å². The lowest BCUT2D eigenvalue weighted by Crippen LogP contribution is -2.53. The summed E-state index contributed by atoms with van der Waals surface area (Å²) < 4.78 is 0. The highest BCUT2D eigenvalue weighted by molar-refractivity contribution is 5.13. The van der Waals surface area contributed by atoms with E-state index < -0.39 is 0 Å². The molecule has 0 aromatic rings. The molecule has 0 saturated heterocycles. The quantitative estimate of drug-likeness (QED) is 0.416. The van der Waals surface area contributed by atoms with Crippen LogP contribution >= 0.6 is 0 Å². The Kier molecular flexibility index (Phi) is 5.83. The molecule has 6 unspecified atom stereocenters. The largest absolute Gasteiger partial charge is 0.0999 e. The Balaban J connectivity index is 1.47. The Morgan fingerprint density at radius 1 is 0.893 bits per heavy atom. The van der Waals surface area contributed by atoms with Crippen LogP contribution in [0, 0.1) is 52.3 Å². The topological polar surface area (TPSA) is 0 Å². The molecule has 0 heterocycles. The molecule has 4 aliphatic carbocycles. The van der Waals surface area contributed by atoms with E-state index in [2.05, 4.69) is 41.2 Å². The maximum atomic E-state index is 4.37. The lowest BCUT2D eigenvalue weighted by Gasteiger charge is -2.61. The Morgan fingerprint density at radius 3 is 2.39 bits per heavy atom. The van der Waals surface area contributed by atoms with Crippen LogP contribution in [0.25, 0.3) is 0 Å². The SMILES string of the molecule is C=C1CCC2(C)C3CCC4(C)C(CCC4[C@H](C)CCCC(C)C)C3CC[C@H]2C1. The van der Waals surface area contributed by atoms with Crippen molar-refractivity contribution in [2.45, 2.75) is 112 Å². The van der Waals surface area contributed by atoms with E-state index in [0.29, 0.717) is 10.8 Å². The first-order valence-corrected chi connectivity index (χ1v) is 12.9. The minimum Gasteiger partial charge on any atom is -0.0999 e. The maximum absolute atomic E-state index is 4.37. The van der Waals surface area contributed by atoms with Gasteiger partial charge in [-0.15, -0.1) is 0 Å². The van der Waals surface area contributed by atoms with Gasteiger partial charge >= 0.3 is 0 Å². The number of hydrogen-bond donors (Lipinski definition) is 0. The van der Waals surface area contributed by atoms with Crippen LogP contribution in [0.5, 0.6) is 0 Å². The molecule has 0 heteroatoms.